The molecule has 11 heteroatoms. The lowest BCUT2D eigenvalue weighted by Gasteiger charge is -2.25. The molecule has 1 atom stereocenters. The first-order valence-corrected chi connectivity index (χ1v) is 14.5. The van der Waals surface area contributed by atoms with Crippen molar-refractivity contribution < 1.29 is 28.6 Å². The molecule has 42 heavy (non-hydrogen) atoms. The Morgan fingerprint density at radius 3 is 2.52 bits per heavy atom. The van der Waals surface area contributed by atoms with Crippen molar-refractivity contribution in [3.8, 4) is 11.5 Å². The molecule has 0 aliphatic carbocycles. The maximum Gasteiger partial charge on any atom is 0.338 e. The molecule has 0 spiro atoms. The second kappa shape index (κ2) is 11.8. The smallest absolute Gasteiger partial charge is 0.338 e. The topological polar surface area (TPSA) is 117 Å². The number of methoxy groups -OCH3 is 1. The number of anilines is 1. The number of para-hydroxylation sites is 1. The van der Waals surface area contributed by atoms with Gasteiger partial charge in [-0.3, -0.25) is 19.0 Å². The highest BCUT2D eigenvalue weighted by molar-refractivity contribution is 7.07. The Morgan fingerprint density at radius 2 is 1.83 bits per heavy atom. The number of esters is 2. The van der Waals surface area contributed by atoms with Crippen molar-refractivity contribution in [1.29, 1.82) is 0 Å². The van der Waals surface area contributed by atoms with Gasteiger partial charge in [0, 0.05) is 19.0 Å². The van der Waals surface area contributed by atoms with Crippen LogP contribution in [0.3, 0.4) is 0 Å². The predicted octanol–water partition coefficient (Wildman–Crippen LogP) is 3.25. The molecule has 0 radical (unpaired) electrons. The van der Waals surface area contributed by atoms with Crippen molar-refractivity contribution in [2.75, 3.05) is 25.2 Å². The minimum atomic E-state index is -0.933. The number of amides is 1. The zero-order chi connectivity index (χ0) is 30.1. The Labute approximate surface area is 246 Å². The summed E-state index contributed by atoms with van der Waals surface area (Å²) in [6.45, 7) is 7.39. The third kappa shape index (κ3) is 4.94. The average Bonchev–Trinajstić information content (AvgIpc) is 3.43. The van der Waals surface area contributed by atoms with E-state index in [9.17, 15) is 19.2 Å². The molecule has 0 fully saturated rings. The van der Waals surface area contributed by atoms with E-state index in [0.717, 1.165) is 29.9 Å². The van der Waals surface area contributed by atoms with Crippen LogP contribution in [0.5, 0.6) is 11.5 Å². The van der Waals surface area contributed by atoms with Crippen LogP contribution in [-0.2, 0) is 19.1 Å². The van der Waals surface area contributed by atoms with Gasteiger partial charge in [-0.2, -0.15) is 0 Å². The first-order valence-electron chi connectivity index (χ1n) is 13.7. The summed E-state index contributed by atoms with van der Waals surface area (Å²) in [5.41, 5.74) is 2.42. The molecule has 2 aromatic carbocycles. The summed E-state index contributed by atoms with van der Waals surface area (Å²) in [4.78, 5) is 59.7. The highest BCUT2D eigenvalue weighted by Gasteiger charge is 2.37. The summed E-state index contributed by atoms with van der Waals surface area (Å²) in [6, 6.07) is 11.3. The molecule has 3 aromatic rings. The SMILES string of the molecule is CCCCN1C(=O)/C(=c2\sc3n(c2=O)C(c2ccc(OC(C)=O)c(OC)c2)C(C(=O)OCC)=C(C)N=3)c2ccccc21. The Balaban J connectivity index is 1.77. The molecule has 1 unspecified atom stereocenters. The Hall–Kier alpha value is -4.51. The molecule has 5 rings (SSSR count). The summed E-state index contributed by atoms with van der Waals surface area (Å²) >= 11 is 1.12. The van der Waals surface area contributed by atoms with Crippen LogP contribution in [0.4, 0.5) is 5.69 Å². The molecule has 0 saturated carbocycles. The zero-order valence-corrected chi connectivity index (χ0v) is 24.9. The fourth-order valence-electron chi connectivity index (χ4n) is 5.29. The first kappa shape index (κ1) is 29.0. The maximum atomic E-state index is 14.3. The molecule has 10 nitrogen and oxygen atoms in total. The van der Waals surface area contributed by atoms with Crippen LogP contribution in [0.25, 0.3) is 5.57 Å². The summed E-state index contributed by atoms with van der Waals surface area (Å²) in [5, 5.41) is 0. The van der Waals surface area contributed by atoms with Crippen molar-refractivity contribution in [3.05, 3.63) is 84.5 Å². The molecule has 1 aromatic heterocycles. The number of hydrogen-bond donors (Lipinski definition) is 0. The quantitative estimate of drug-likeness (QED) is 0.293. The molecule has 2 aliphatic heterocycles. The number of carbonyl (C=O) groups is 3. The molecular formula is C31H31N3O7S. The van der Waals surface area contributed by atoms with Crippen LogP contribution in [0, 0.1) is 0 Å². The van der Waals surface area contributed by atoms with Crippen molar-refractivity contribution in [2.45, 2.75) is 46.6 Å². The number of benzene rings is 2. The highest BCUT2D eigenvalue weighted by Crippen LogP contribution is 2.37. The van der Waals surface area contributed by atoms with Gasteiger partial charge < -0.3 is 19.1 Å². The number of ether oxygens (including phenoxy) is 3. The zero-order valence-electron chi connectivity index (χ0n) is 24.1. The number of rotatable bonds is 8. The number of thiazole rings is 1. The van der Waals surface area contributed by atoms with Gasteiger partial charge in [0.2, 0.25) is 0 Å². The van der Waals surface area contributed by atoms with E-state index in [1.165, 1.54) is 18.6 Å². The number of unbranched alkanes of at least 4 members (excludes halogenated alkanes) is 1. The third-order valence-corrected chi connectivity index (χ3v) is 8.19. The second-order valence-corrected chi connectivity index (χ2v) is 10.8. The van der Waals surface area contributed by atoms with Gasteiger partial charge in [0.15, 0.2) is 16.3 Å². The van der Waals surface area contributed by atoms with Crippen LogP contribution in [-0.4, -0.2) is 42.7 Å². The number of fused-ring (bicyclic) bond motifs is 2. The van der Waals surface area contributed by atoms with E-state index < -0.39 is 23.5 Å². The standard InChI is InChI=1S/C31H31N3O7S/c1-6-8-15-33-21-12-10-9-11-20(21)25(28(33)36)27-29(37)34-26(19-13-14-22(41-18(4)35)23(16-19)39-5)24(30(38)40-7-2)17(3)32-31(34)42-27/h9-14,16,26H,6-8,15H2,1-5H3/b27-25-. The fourth-order valence-corrected chi connectivity index (χ4v) is 6.43. The van der Waals surface area contributed by atoms with Crippen molar-refractivity contribution in [1.82, 2.24) is 4.57 Å². The van der Waals surface area contributed by atoms with Crippen LogP contribution < -0.4 is 29.3 Å². The molecule has 1 amide bonds. The van der Waals surface area contributed by atoms with E-state index in [1.807, 2.05) is 24.3 Å². The average molecular weight is 590 g/mol. The van der Waals surface area contributed by atoms with E-state index in [-0.39, 0.29) is 34.1 Å². The van der Waals surface area contributed by atoms with E-state index >= 15 is 0 Å². The van der Waals surface area contributed by atoms with E-state index in [2.05, 4.69) is 11.9 Å². The van der Waals surface area contributed by atoms with Crippen LogP contribution in [0.2, 0.25) is 0 Å². The number of nitrogens with zero attached hydrogens (tertiary/aromatic N) is 3. The molecule has 0 bridgehead atoms. The normalized spacial score (nSPS) is 17.0. The van der Waals surface area contributed by atoms with E-state index in [4.69, 9.17) is 14.2 Å². The number of hydrogen-bond acceptors (Lipinski definition) is 9. The van der Waals surface area contributed by atoms with Gasteiger partial charge >= 0.3 is 11.9 Å². The van der Waals surface area contributed by atoms with Gasteiger partial charge in [0.1, 0.15) is 4.53 Å². The third-order valence-electron chi connectivity index (χ3n) is 7.14. The van der Waals surface area contributed by atoms with Crippen LogP contribution >= 0.6 is 11.3 Å². The minimum Gasteiger partial charge on any atom is -0.493 e. The summed E-state index contributed by atoms with van der Waals surface area (Å²) in [7, 11) is 1.43. The summed E-state index contributed by atoms with van der Waals surface area (Å²) < 4.78 is 17.8. The largest absolute Gasteiger partial charge is 0.493 e. The number of allylic oxidation sites excluding steroid dienone is 1. The van der Waals surface area contributed by atoms with Crippen molar-refractivity contribution >= 4 is 40.4 Å². The molecular weight excluding hydrogens is 558 g/mol. The monoisotopic (exact) mass is 589 g/mol. The maximum absolute atomic E-state index is 14.3. The van der Waals surface area contributed by atoms with Crippen molar-refractivity contribution in [3.63, 3.8) is 0 Å². The van der Waals surface area contributed by atoms with Gasteiger partial charge in [-0.05, 0) is 44.0 Å². The Morgan fingerprint density at radius 1 is 1.07 bits per heavy atom. The lowest BCUT2D eigenvalue weighted by Crippen LogP contribution is -2.41. The molecule has 0 saturated heterocycles. The summed E-state index contributed by atoms with van der Waals surface area (Å²) in [5.74, 6) is -0.926. The van der Waals surface area contributed by atoms with Gasteiger partial charge in [-0.25, -0.2) is 9.79 Å². The van der Waals surface area contributed by atoms with Gasteiger partial charge in [-0.1, -0.05) is 48.9 Å². The molecule has 218 valence electrons. The first-order chi connectivity index (χ1) is 20.2. The van der Waals surface area contributed by atoms with Crippen molar-refractivity contribution in [2.24, 2.45) is 4.99 Å². The molecule has 3 heterocycles. The Kier molecular flexibility index (Phi) is 8.13. The molecule has 2 aliphatic rings. The van der Waals surface area contributed by atoms with Crippen LogP contribution in [0.1, 0.15) is 57.7 Å². The highest BCUT2D eigenvalue weighted by atomic mass is 32.1. The number of aromatic nitrogens is 1. The summed E-state index contributed by atoms with van der Waals surface area (Å²) in [6.07, 6.45) is 1.74. The Bertz CT molecular complexity index is 1820. The van der Waals surface area contributed by atoms with E-state index in [1.54, 1.807) is 36.9 Å². The van der Waals surface area contributed by atoms with Gasteiger partial charge in [-0.15, -0.1) is 0 Å². The van der Waals surface area contributed by atoms with Crippen LogP contribution in [0.15, 0.2) is 63.5 Å². The number of carbonyl (C=O) groups excluding carboxylic acids is 3. The van der Waals surface area contributed by atoms with Gasteiger partial charge in [0.05, 0.1) is 42.3 Å². The second-order valence-electron chi connectivity index (χ2n) is 9.83. The lowest BCUT2D eigenvalue weighted by atomic mass is 9.95. The minimum absolute atomic E-state index is 0.129. The lowest BCUT2D eigenvalue weighted by molar-refractivity contribution is -0.139. The van der Waals surface area contributed by atoms with E-state index in [0.29, 0.717) is 33.7 Å². The van der Waals surface area contributed by atoms with Gasteiger partial charge in [0.25, 0.3) is 11.5 Å². The fraction of sp³-hybridized carbons (Fsp3) is 0.323. The molecule has 0 N–H and O–H groups in total. The predicted molar refractivity (Wildman–Crippen MR) is 157 cm³/mol.